The number of ether oxygens (including phenoxy) is 1. The number of nitriles is 1. The Morgan fingerprint density at radius 3 is 1.97 bits per heavy atom. The van der Waals surface area contributed by atoms with Crippen LogP contribution in [0.2, 0.25) is 0 Å². The molecular weight excluding hydrogens is 482 g/mol. The fourth-order valence-electron chi connectivity index (χ4n) is 4.70. The molecule has 1 heterocycles. The third kappa shape index (κ3) is 10.3. The number of aryl methyl sites for hydroxylation is 2. The fraction of sp³-hybridized carbons (Fsp3) is 0.471. The van der Waals surface area contributed by atoms with Gasteiger partial charge in [-0.3, -0.25) is 0 Å². The topological polar surface area (TPSA) is 75.9 Å². The number of carbonyl (C=O) groups excluding carboxylic acids is 1. The van der Waals surface area contributed by atoms with Crippen molar-refractivity contribution in [2.75, 3.05) is 0 Å². The van der Waals surface area contributed by atoms with Gasteiger partial charge in [0.05, 0.1) is 17.2 Å². The Kier molecular flexibility index (Phi) is 13.2. The number of hydrogen-bond donors (Lipinski definition) is 0. The number of hydrogen-bond acceptors (Lipinski definition) is 5. The Morgan fingerprint density at radius 1 is 0.769 bits per heavy atom. The summed E-state index contributed by atoms with van der Waals surface area (Å²) in [5, 5.41) is 9.63. The summed E-state index contributed by atoms with van der Waals surface area (Å²) in [5.74, 6) is 0.622. The molecule has 5 nitrogen and oxygen atoms in total. The van der Waals surface area contributed by atoms with Gasteiger partial charge in [0.25, 0.3) is 0 Å². The van der Waals surface area contributed by atoms with E-state index in [0.717, 1.165) is 36.0 Å². The average Bonchev–Trinajstić information content (AvgIpc) is 2.97. The number of aromatic nitrogens is 2. The van der Waals surface area contributed by atoms with Crippen molar-refractivity contribution in [2.45, 2.75) is 104 Å². The molecule has 2 aromatic carbocycles. The Balaban J connectivity index is 1.50. The maximum absolute atomic E-state index is 12.8. The molecule has 0 amide bonds. The second-order valence-corrected chi connectivity index (χ2v) is 10.3. The first kappa shape index (κ1) is 30.0. The van der Waals surface area contributed by atoms with Crippen molar-refractivity contribution in [1.29, 1.82) is 5.26 Å². The van der Waals surface area contributed by atoms with Crippen molar-refractivity contribution in [3.05, 3.63) is 77.1 Å². The van der Waals surface area contributed by atoms with Crippen LogP contribution in [0.1, 0.15) is 118 Å². The van der Waals surface area contributed by atoms with Gasteiger partial charge >= 0.3 is 5.97 Å². The number of carbonyl (C=O) groups is 1. The summed E-state index contributed by atoms with van der Waals surface area (Å²) in [4.78, 5) is 21.8. The molecule has 0 aliphatic heterocycles. The lowest BCUT2D eigenvalue weighted by molar-refractivity contribution is 0.0734. The zero-order valence-electron chi connectivity index (χ0n) is 23.8. The van der Waals surface area contributed by atoms with Crippen LogP contribution in [0.25, 0.3) is 11.4 Å². The second-order valence-electron chi connectivity index (χ2n) is 10.3. The van der Waals surface area contributed by atoms with Gasteiger partial charge in [0, 0.05) is 18.0 Å². The zero-order chi connectivity index (χ0) is 27.7. The van der Waals surface area contributed by atoms with Crippen LogP contribution in [-0.4, -0.2) is 15.9 Å². The first-order valence-corrected chi connectivity index (χ1v) is 14.8. The summed E-state index contributed by atoms with van der Waals surface area (Å²) < 4.78 is 5.58. The van der Waals surface area contributed by atoms with Crippen LogP contribution in [0.4, 0.5) is 0 Å². The van der Waals surface area contributed by atoms with E-state index in [2.05, 4.69) is 29.9 Å². The van der Waals surface area contributed by atoms with E-state index >= 15 is 0 Å². The van der Waals surface area contributed by atoms with E-state index in [1.165, 1.54) is 70.6 Å². The summed E-state index contributed by atoms with van der Waals surface area (Å²) in [6.45, 7) is 4.45. The molecule has 0 aliphatic rings. The van der Waals surface area contributed by atoms with Gasteiger partial charge in [-0.1, -0.05) is 84.1 Å². The minimum absolute atomic E-state index is 0.382. The summed E-state index contributed by atoms with van der Waals surface area (Å²) in [6, 6.07) is 14.8. The summed E-state index contributed by atoms with van der Waals surface area (Å²) in [7, 11) is 0. The SMILES string of the molecule is CCCCCCCCCc1ccc(C(=O)Oc2ccc(-c3ncc(CCCCCCC)cn3)cc2)cc1C#N. The van der Waals surface area contributed by atoms with Crippen LogP contribution in [0.3, 0.4) is 0 Å². The molecule has 0 saturated carbocycles. The van der Waals surface area contributed by atoms with Crippen LogP contribution in [-0.2, 0) is 12.8 Å². The molecule has 39 heavy (non-hydrogen) atoms. The molecule has 0 N–H and O–H groups in total. The van der Waals surface area contributed by atoms with E-state index in [1.54, 1.807) is 24.3 Å². The average molecular weight is 526 g/mol. The maximum Gasteiger partial charge on any atom is 0.343 e. The maximum atomic E-state index is 12.8. The molecular formula is C34H43N3O2. The molecule has 1 aromatic heterocycles. The van der Waals surface area contributed by atoms with E-state index < -0.39 is 5.97 Å². The first-order valence-electron chi connectivity index (χ1n) is 14.8. The van der Waals surface area contributed by atoms with Gasteiger partial charge in [-0.15, -0.1) is 0 Å². The van der Waals surface area contributed by atoms with Gasteiger partial charge in [0.2, 0.25) is 0 Å². The summed E-state index contributed by atoms with van der Waals surface area (Å²) in [6.07, 6.45) is 20.5. The van der Waals surface area contributed by atoms with Crippen LogP contribution in [0.15, 0.2) is 54.9 Å². The number of esters is 1. The largest absolute Gasteiger partial charge is 0.423 e. The third-order valence-corrected chi connectivity index (χ3v) is 7.11. The molecule has 0 spiro atoms. The van der Waals surface area contributed by atoms with E-state index in [1.807, 2.05) is 30.6 Å². The summed E-state index contributed by atoms with van der Waals surface area (Å²) in [5.41, 5.74) is 3.95. The molecule has 0 aliphatic carbocycles. The zero-order valence-corrected chi connectivity index (χ0v) is 23.8. The third-order valence-electron chi connectivity index (χ3n) is 7.11. The van der Waals surface area contributed by atoms with Crippen LogP contribution >= 0.6 is 0 Å². The predicted molar refractivity (Wildman–Crippen MR) is 158 cm³/mol. The van der Waals surface area contributed by atoms with E-state index in [4.69, 9.17) is 4.74 Å². The van der Waals surface area contributed by atoms with Gasteiger partial charge in [-0.05, 0) is 73.2 Å². The van der Waals surface area contributed by atoms with Gasteiger partial charge in [0.15, 0.2) is 5.82 Å². The highest BCUT2D eigenvalue weighted by Crippen LogP contribution is 2.22. The lowest BCUT2D eigenvalue weighted by atomic mass is 9.99. The van der Waals surface area contributed by atoms with Crippen molar-refractivity contribution in [3.8, 4) is 23.2 Å². The number of benzene rings is 2. The molecule has 206 valence electrons. The molecule has 3 rings (SSSR count). The van der Waals surface area contributed by atoms with Crippen LogP contribution in [0.5, 0.6) is 5.75 Å². The monoisotopic (exact) mass is 525 g/mol. The van der Waals surface area contributed by atoms with Gasteiger partial charge in [-0.25, -0.2) is 14.8 Å². The Labute approximate surface area is 234 Å². The van der Waals surface area contributed by atoms with Crippen LogP contribution in [0, 0.1) is 11.3 Å². The van der Waals surface area contributed by atoms with E-state index in [0.29, 0.717) is 22.7 Å². The molecule has 0 atom stereocenters. The Bertz CT molecular complexity index is 1180. The highest BCUT2D eigenvalue weighted by molar-refractivity contribution is 5.91. The minimum Gasteiger partial charge on any atom is -0.423 e. The van der Waals surface area contributed by atoms with Crippen LogP contribution < -0.4 is 4.74 Å². The fourth-order valence-corrected chi connectivity index (χ4v) is 4.70. The number of rotatable bonds is 17. The van der Waals surface area contributed by atoms with Crippen molar-refractivity contribution in [3.63, 3.8) is 0 Å². The number of nitrogens with zero attached hydrogens (tertiary/aromatic N) is 3. The molecule has 0 saturated heterocycles. The van der Waals surface area contributed by atoms with E-state index in [-0.39, 0.29) is 0 Å². The first-order chi connectivity index (χ1) is 19.1. The standard InChI is InChI=1S/C34H43N3O2/c1-3-5-7-9-10-12-14-16-28-17-18-30(23-31(28)24-35)34(38)39-32-21-19-29(20-22-32)33-36-25-27(26-37-33)15-13-11-8-6-4-2/h17-23,25-26H,3-16H2,1-2H3. The predicted octanol–water partition coefficient (Wildman–Crippen LogP) is 9.04. The second kappa shape index (κ2) is 17.1. The van der Waals surface area contributed by atoms with Gasteiger partial charge in [-0.2, -0.15) is 5.26 Å². The van der Waals surface area contributed by atoms with Crippen molar-refractivity contribution in [1.82, 2.24) is 9.97 Å². The summed E-state index contributed by atoms with van der Waals surface area (Å²) >= 11 is 0. The lowest BCUT2D eigenvalue weighted by Gasteiger charge is -2.09. The van der Waals surface area contributed by atoms with Crippen molar-refractivity contribution in [2.24, 2.45) is 0 Å². The highest BCUT2D eigenvalue weighted by atomic mass is 16.5. The molecule has 0 fully saturated rings. The Hall–Kier alpha value is -3.52. The minimum atomic E-state index is -0.471. The van der Waals surface area contributed by atoms with Gasteiger partial charge < -0.3 is 4.74 Å². The van der Waals surface area contributed by atoms with E-state index in [9.17, 15) is 10.1 Å². The van der Waals surface area contributed by atoms with Crippen molar-refractivity contribution < 1.29 is 9.53 Å². The van der Waals surface area contributed by atoms with Gasteiger partial charge in [0.1, 0.15) is 5.75 Å². The molecule has 0 unspecified atom stereocenters. The molecule has 0 radical (unpaired) electrons. The molecule has 3 aromatic rings. The smallest absolute Gasteiger partial charge is 0.343 e. The highest BCUT2D eigenvalue weighted by Gasteiger charge is 2.13. The Morgan fingerprint density at radius 2 is 1.36 bits per heavy atom. The van der Waals surface area contributed by atoms with Crippen molar-refractivity contribution >= 4 is 5.97 Å². The molecule has 5 heteroatoms. The normalized spacial score (nSPS) is 10.8. The quantitative estimate of drug-likeness (QED) is 0.0998. The lowest BCUT2D eigenvalue weighted by Crippen LogP contribution is -2.09. The number of unbranched alkanes of at least 4 members (excludes halogenated alkanes) is 10. The molecule has 0 bridgehead atoms.